The van der Waals surface area contributed by atoms with Crippen LogP contribution in [0.3, 0.4) is 0 Å². The third-order valence-corrected chi connectivity index (χ3v) is 5.80. The van der Waals surface area contributed by atoms with Crippen molar-refractivity contribution >= 4 is 5.78 Å². The fourth-order valence-corrected chi connectivity index (χ4v) is 4.40. The molecule has 0 saturated heterocycles. The fourth-order valence-electron chi connectivity index (χ4n) is 4.40. The lowest BCUT2D eigenvalue weighted by Crippen LogP contribution is -2.55. The highest BCUT2D eigenvalue weighted by molar-refractivity contribution is 5.92. The van der Waals surface area contributed by atoms with Gasteiger partial charge in [0.05, 0.1) is 11.5 Å². The molecule has 0 radical (unpaired) electrons. The average Bonchev–Trinajstić information content (AvgIpc) is 2.72. The highest BCUT2D eigenvalue weighted by atomic mass is 16.5. The van der Waals surface area contributed by atoms with Crippen LogP contribution in [0, 0.1) is 11.3 Å². The molecule has 0 aromatic rings. The maximum atomic E-state index is 12.1. The minimum atomic E-state index is -0.0504. The van der Waals surface area contributed by atoms with Gasteiger partial charge in [-0.3, -0.25) is 4.79 Å². The van der Waals surface area contributed by atoms with Crippen LogP contribution in [0.2, 0.25) is 0 Å². The van der Waals surface area contributed by atoms with E-state index in [9.17, 15) is 4.79 Å². The molecule has 108 valence electrons. The van der Waals surface area contributed by atoms with Crippen molar-refractivity contribution < 1.29 is 9.53 Å². The van der Waals surface area contributed by atoms with Crippen LogP contribution in [0.5, 0.6) is 0 Å². The summed E-state index contributed by atoms with van der Waals surface area (Å²) in [5, 5.41) is 0. The predicted octanol–water partition coefficient (Wildman–Crippen LogP) is 4.27. The summed E-state index contributed by atoms with van der Waals surface area (Å²) in [4.78, 5) is 12.1. The Morgan fingerprint density at radius 3 is 2.21 bits per heavy atom. The number of Topliss-reactive ketones (excluding diaryl/α,β-unsaturated/α-hetero) is 1. The van der Waals surface area contributed by atoms with Crippen molar-refractivity contribution in [1.82, 2.24) is 0 Å². The highest BCUT2D eigenvalue weighted by Gasteiger charge is 2.54. The lowest BCUT2D eigenvalue weighted by Gasteiger charge is -2.47. The standard InChI is InChI=1S/C17H28O2/c18-15-12-16(17(15)10-6-1-2-7-11-17)19-13-14-8-4-3-5-9-14/h14,16H,1-13H2. The van der Waals surface area contributed by atoms with Gasteiger partial charge in [-0.15, -0.1) is 0 Å². The summed E-state index contributed by atoms with van der Waals surface area (Å²) in [5.41, 5.74) is -0.0504. The lowest BCUT2D eigenvalue weighted by molar-refractivity contribution is -0.168. The molecule has 2 heteroatoms. The van der Waals surface area contributed by atoms with Crippen LogP contribution in [0.4, 0.5) is 0 Å². The minimum absolute atomic E-state index is 0.0504. The molecule has 0 aromatic carbocycles. The van der Waals surface area contributed by atoms with Gasteiger partial charge in [0.1, 0.15) is 5.78 Å². The van der Waals surface area contributed by atoms with E-state index >= 15 is 0 Å². The summed E-state index contributed by atoms with van der Waals surface area (Å²) in [6, 6.07) is 0. The Morgan fingerprint density at radius 1 is 0.947 bits per heavy atom. The predicted molar refractivity (Wildman–Crippen MR) is 76.1 cm³/mol. The van der Waals surface area contributed by atoms with Crippen LogP contribution in [0.15, 0.2) is 0 Å². The molecule has 1 atom stereocenters. The van der Waals surface area contributed by atoms with Crippen LogP contribution in [0.25, 0.3) is 0 Å². The van der Waals surface area contributed by atoms with E-state index in [0.29, 0.717) is 12.2 Å². The lowest BCUT2D eigenvalue weighted by atomic mass is 9.60. The molecule has 3 saturated carbocycles. The Morgan fingerprint density at radius 2 is 1.58 bits per heavy atom. The summed E-state index contributed by atoms with van der Waals surface area (Å²) in [6.45, 7) is 0.916. The van der Waals surface area contributed by atoms with Gasteiger partial charge in [-0.2, -0.15) is 0 Å². The number of hydrogen-bond acceptors (Lipinski definition) is 2. The normalized spacial score (nSPS) is 32.0. The molecule has 0 bridgehead atoms. The molecular weight excluding hydrogens is 236 g/mol. The molecule has 3 aliphatic rings. The van der Waals surface area contributed by atoms with Crippen LogP contribution < -0.4 is 0 Å². The van der Waals surface area contributed by atoms with Crippen molar-refractivity contribution in [3.8, 4) is 0 Å². The quantitative estimate of drug-likeness (QED) is 0.761. The van der Waals surface area contributed by atoms with E-state index in [2.05, 4.69) is 0 Å². The third-order valence-electron chi connectivity index (χ3n) is 5.80. The third kappa shape index (κ3) is 2.74. The van der Waals surface area contributed by atoms with E-state index in [1.807, 2.05) is 0 Å². The largest absolute Gasteiger partial charge is 0.376 e. The van der Waals surface area contributed by atoms with E-state index < -0.39 is 0 Å². The van der Waals surface area contributed by atoms with E-state index in [1.54, 1.807) is 0 Å². The first-order valence-electron chi connectivity index (χ1n) is 8.46. The number of hydrogen-bond donors (Lipinski definition) is 0. The topological polar surface area (TPSA) is 26.3 Å². The van der Waals surface area contributed by atoms with Crippen LogP contribution in [0.1, 0.15) is 77.0 Å². The molecule has 3 aliphatic carbocycles. The van der Waals surface area contributed by atoms with Gasteiger partial charge in [0.2, 0.25) is 0 Å². The van der Waals surface area contributed by atoms with Crippen molar-refractivity contribution in [1.29, 1.82) is 0 Å². The second kappa shape index (κ2) is 5.95. The minimum Gasteiger partial charge on any atom is -0.376 e. The second-order valence-corrected chi connectivity index (χ2v) is 7.02. The smallest absolute Gasteiger partial charge is 0.144 e. The zero-order valence-electron chi connectivity index (χ0n) is 12.2. The zero-order chi connectivity index (χ0) is 13.1. The second-order valence-electron chi connectivity index (χ2n) is 7.02. The molecule has 19 heavy (non-hydrogen) atoms. The Balaban J connectivity index is 1.53. The first-order valence-corrected chi connectivity index (χ1v) is 8.46. The van der Waals surface area contributed by atoms with Gasteiger partial charge in [-0.25, -0.2) is 0 Å². The van der Waals surface area contributed by atoms with E-state index in [0.717, 1.165) is 25.4 Å². The summed E-state index contributed by atoms with van der Waals surface area (Å²) < 4.78 is 6.22. The Labute approximate surface area is 117 Å². The van der Waals surface area contributed by atoms with Crippen LogP contribution in [-0.4, -0.2) is 18.5 Å². The first-order chi connectivity index (χ1) is 9.31. The molecule has 3 rings (SSSR count). The summed E-state index contributed by atoms with van der Waals surface area (Å²) in [6.07, 6.45) is 15.1. The molecule has 0 amide bonds. The Bertz CT molecular complexity index is 309. The van der Waals surface area contributed by atoms with Crippen molar-refractivity contribution in [2.75, 3.05) is 6.61 Å². The number of rotatable bonds is 3. The molecule has 0 heterocycles. The highest BCUT2D eigenvalue weighted by Crippen LogP contribution is 2.49. The first kappa shape index (κ1) is 13.6. The van der Waals surface area contributed by atoms with Crippen LogP contribution >= 0.6 is 0 Å². The molecule has 3 fully saturated rings. The van der Waals surface area contributed by atoms with Gasteiger partial charge in [-0.05, 0) is 31.6 Å². The summed E-state index contributed by atoms with van der Waals surface area (Å²) in [7, 11) is 0. The number of ether oxygens (including phenoxy) is 1. The Hall–Kier alpha value is -0.370. The Kier molecular flexibility index (Phi) is 4.26. The van der Waals surface area contributed by atoms with E-state index in [-0.39, 0.29) is 11.5 Å². The molecule has 1 unspecified atom stereocenters. The maximum Gasteiger partial charge on any atom is 0.144 e. The molecule has 0 N–H and O–H groups in total. The monoisotopic (exact) mass is 264 g/mol. The molecule has 2 nitrogen and oxygen atoms in total. The number of carbonyl (C=O) groups excluding carboxylic acids is 1. The van der Waals surface area contributed by atoms with Crippen molar-refractivity contribution in [3.05, 3.63) is 0 Å². The molecule has 0 aliphatic heterocycles. The van der Waals surface area contributed by atoms with Crippen molar-refractivity contribution in [2.24, 2.45) is 11.3 Å². The van der Waals surface area contributed by atoms with Crippen molar-refractivity contribution in [3.63, 3.8) is 0 Å². The fraction of sp³-hybridized carbons (Fsp3) is 0.941. The van der Waals surface area contributed by atoms with Crippen molar-refractivity contribution in [2.45, 2.75) is 83.2 Å². The van der Waals surface area contributed by atoms with Gasteiger partial charge in [0, 0.05) is 13.0 Å². The zero-order valence-corrected chi connectivity index (χ0v) is 12.2. The average molecular weight is 264 g/mol. The summed E-state index contributed by atoms with van der Waals surface area (Å²) >= 11 is 0. The van der Waals surface area contributed by atoms with E-state index in [1.165, 1.54) is 57.8 Å². The van der Waals surface area contributed by atoms with Gasteiger partial charge in [-0.1, -0.05) is 44.9 Å². The van der Waals surface area contributed by atoms with E-state index in [4.69, 9.17) is 4.74 Å². The number of carbonyl (C=O) groups is 1. The number of ketones is 1. The molecule has 0 aromatic heterocycles. The summed E-state index contributed by atoms with van der Waals surface area (Å²) in [5.74, 6) is 1.27. The molecule has 1 spiro atoms. The van der Waals surface area contributed by atoms with Gasteiger partial charge < -0.3 is 4.74 Å². The molecular formula is C17H28O2. The van der Waals surface area contributed by atoms with Crippen LogP contribution in [-0.2, 0) is 9.53 Å². The van der Waals surface area contributed by atoms with Gasteiger partial charge in [0.15, 0.2) is 0 Å². The van der Waals surface area contributed by atoms with Gasteiger partial charge >= 0.3 is 0 Å². The SMILES string of the molecule is O=C1CC(OCC2CCCCC2)C12CCCCCC2. The van der Waals surface area contributed by atoms with Gasteiger partial charge in [0.25, 0.3) is 0 Å². The maximum absolute atomic E-state index is 12.1.